The number of hydrogen-bond acceptors (Lipinski definition) is 4. The highest BCUT2D eigenvalue weighted by Gasteiger charge is 2.27. The molecule has 4 N–H and O–H groups in total. The molecular weight excluding hydrogens is 196 g/mol. The first-order valence-electron chi connectivity index (χ1n) is 5.06. The number of rotatable bonds is 6. The smallest absolute Gasteiger partial charge is 0.237 e. The molecule has 0 aliphatic carbocycles. The van der Waals surface area contributed by atoms with Crippen LogP contribution in [0.1, 0.15) is 27.2 Å². The average molecular weight is 218 g/mol. The van der Waals surface area contributed by atoms with Crippen LogP contribution < -0.4 is 11.1 Å². The van der Waals surface area contributed by atoms with Gasteiger partial charge in [-0.1, -0.05) is 0 Å². The second-order valence-electron chi connectivity index (χ2n) is 4.27. The number of nitrogens with one attached hydrogen (secondary N) is 1. The van der Waals surface area contributed by atoms with Gasteiger partial charge in [0.1, 0.15) is 0 Å². The van der Waals surface area contributed by atoms with Crippen molar-refractivity contribution in [3.05, 3.63) is 0 Å². The third-order valence-electron chi connectivity index (χ3n) is 2.46. The van der Waals surface area contributed by atoms with Crippen LogP contribution in [0.5, 0.6) is 0 Å². The Morgan fingerprint density at radius 3 is 2.53 bits per heavy atom. The maximum atomic E-state index is 11.6. The lowest BCUT2D eigenvalue weighted by Crippen LogP contribution is -2.55. The fraction of sp³-hybridized carbons (Fsp3) is 0.900. The van der Waals surface area contributed by atoms with Crippen molar-refractivity contribution in [3.63, 3.8) is 0 Å². The van der Waals surface area contributed by atoms with Crippen molar-refractivity contribution >= 4 is 5.91 Å². The Morgan fingerprint density at radius 1 is 1.60 bits per heavy atom. The zero-order valence-corrected chi connectivity index (χ0v) is 9.91. The van der Waals surface area contributed by atoms with E-state index in [1.165, 1.54) is 0 Å². The van der Waals surface area contributed by atoms with Crippen LogP contribution in [0.25, 0.3) is 0 Å². The van der Waals surface area contributed by atoms with Crippen molar-refractivity contribution in [1.29, 1.82) is 0 Å². The lowest BCUT2D eigenvalue weighted by molar-refractivity contribution is -0.125. The Kier molecular flexibility index (Phi) is 5.79. The van der Waals surface area contributed by atoms with E-state index in [4.69, 9.17) is 10.5 Å². The number of carbonyl (C=O) groups excluding carboxylic acids is 1. The number of carbonyl (C=O) groups is 1. The molecule has 0 bridgehead atoms. The summed E-state index contributed by atoms with van der Waals surface area (Å²) in [7, 11) is 1.56. The number of amides is 1. The molecule has 0 aromatic heterocycles. The largest absolute Gasteiger partial charge is 0.391 e. The van der Waals surface area contributed by atoms with Gasteiger partial charge in [0.05, 0.1) is 17.7 Å². The average Bonchev–Trinajstić information content (AvgIpc) is 2.13. The Bertz CT molecular complexity index is 205. The molecule has 0 saturated carbocycles. The Labute approximate surface area is 91.0 Å². The summed E-state index contributed by atoms with van der Waals surface area (Å²) >= 11 is 0. The molecule has 0 aromatic carbocycles. The first-order valence-corrected chi connectivity index (χ1v) is 5.06. The number of aliphatic hydroxyl groups excluding tert-OH is 1. The van der Waals surface area contributed by atoms with Crippen molar-refractivity contribution in [3.8, 4) is 0 Å². The molecule has 2 unspecified atom stereocenters. The summed E-state index contributed by atoms with van der Waals surface area (Å²) in [5, 5.41) is 12.1. The molecule has 0 spiro atoms. The molecule has 0 aliphatic heterocycles. The van der Waals surface area contributed by atoms with Gasteiger partial charge in [0, 0.05) is 13.7 Å². The summed E-state index contributed by atoms with van der Waals surface area (Å²) in [5.74, 6) is -0.266. The normalized spacial score (nSPS) is 15.9. The summed E-state index contributed by atoms with van der Waals surface area (Å²) in [6.07, 6.45) is -0.158. The van der Waals surface area contributed by atoms with Crippen LogP contribution in [-0.2, 0) is 9.53 Å². The van der Waals surface area contributed by atoms with E-state index in [-0.39, 0.29) is 5.91 Å². The van der Waals surface area contributed by atoms with E-state index in [0.717, 1.165) is 0 Å². The Hall–Kier alpha value is -0.650. The van der Waals surface area contributed by atoms with Crippen LogP contribution in [0, 0.1) is 0 Å². The molecule has 0 heterocycles. The molecule has 0 aliphatic rings. The molecule has 1 amide bonds. The van der Waals surface area contributed by atoms with E-state index in [1.807, 2.05) is 0 Å². The quantitative estimate of drug-likeness (QED) is 0.567. The van der Waals surface area contributed by atoms with Crippen LogP contribution in [-0.4, -0.2) is 42.4 Å². The van der Waals surface area contributed by atoms with Gasteiger partial charge in [0.2, 0.25) is 5.91 Å². The van der Waals surface area contributed by atoms with Gasteiger partial charge in [-0.2, -0.15) is 0 Å². The van der Waals surface area contributed by atoms with Crippen LogP contribution in [0.15, 0.2) is 0 Å². The highest BCUT2D eigenvalue weighted by atomic mass is 16.5. The molecule has 90 valence electrons. The van der Waals surface area contributed by atoms with Crippen molar-refractivity contribution in [2.45, 2.75) is 44.9 Å². The minimum Gasteiger partial charge on any atom is -0.391 e. The molecule has 0 radical (unpaired) electrons. The predicted octanol–water partition coefficient (Wildman–Crippen LogP) is -0.374. The van der Waals surface area contributed by atoms with Gasteiger partial charge in [0.15, 0.2) is 0 Å². The van der Waals surface area contributed by atoms with E-state index in [2.05, 4.69) is 5.32 Å². The summed E-state index contributed by atoms with van der Waals surface area (Å²) < 4.78 is 4.83. The van der Waals surface area contributed by atoms with Crippen LogP contribution in [0.4, 0.5) is 0 Å². The Morgan fingerprint density at radius 2 is 2.13 bits per heavy atom. The third-order valence-corrected chi connectivity index (χ3v) is 2.46. The second kappa shape index (κ2) is 6.05. The molecule has 0 rings (SSSR count). The number of nitrogens with two attached hydrogens (primary N) is 1. The second-order valence-corrected chi connectivity index (χ2v) is 4.27. The van der Waals surface area contributed by atoms with Crippen molar-refractivity contribution in [2.24, 2.45) is 5.73 Å². The summed E-state index contributed by atoms with van der Waals surface area (Å²) in [4.78, 5) is 11.6. The fourth-order valence-electron chi connectivity index (χ4n) is 0.891. The third kappa shape index (κ3) is 5.11. The van der Waals surface area contributed by atoms with E-state index >= 15 is 0 Å². The summed E-state index contributed by atoms with van der Waals surface area (Å²) in [6, 6.07) is -0.594. The maximum absolute atomic E-state index is 11.6. The van der Waals surface area contributed by atoms with Crippen LogP contribution in [0.2, 0.25) is 0 Å². The van der Waals surface area contributed by atoms with Gasteiger partial charge in [0.25, 0.3) is 0 Å². The summed E-state index contributed by atoms with van der Waals surface area (Å²) in [6.45, 7) is 5.57. The molecule has 0 fully saturated rings. The molecule has 0 aromatic rings. The predicted molar refractivity (Wildman–Crippen MR) is 58.4 cm³/mol. The molecule has 15 heavy (non-hydrogen) atoms. The lowest BCUT2D eigenvalue weighted by Gasteiger charge is -2.30. The zero-order chi connectivity index (χ0) is 12.1. The summed E-state index contributed by atoms with van der Waals surface area (Å²) in [5.41, 5.74) is 4.97. The van der Waals surface area contributed by atoms with Gasteiger partial charge < -0.3 is 20.9 Å². The van der Waals surface area contributed by atoms with E-state index in [0.29, 0.717) is 13.0 Å². The first kappa shape index (κ1) is 14.3. The molecular formula is C10H22N2O3. The molecule has 5 nitrogen and oxygen atoms in total. The molecule has 0 saturated heterocycles. The van der Waals surface area contributed by atoms with Crippen molar-refractivity contribution in [1.82, 2.24) is 5.32 Å². The SMILES string of the molecule is COCCC(N)C(=O)NC(C)(C)C(C)O. The van der Waals surface area contributed by atoms with Crippen LogP contribution >= 0.6 is 0 Å². The van der Waals surface area contributed by atoms with Crippen molar-refractivity contribution < 1.29 is 14.6 Å². The van der Waals surface area contributed by atoms with Gasteiger partial charge in [-0.25, -0.2) is 0 Å². The number of ether oxygens (including phenoxy) is 1. The van der Waals surface area contributed by atoms with E-state index in [1.54, 1.807) is 27.9 Å². The van der Waals surface area contributed by atoms with Gasteiger partial charge >= 0.3 is 0 Å². The zero-order valence-electron chi connectivity index (χ0n) is 9.91. The topological polar surface area (TPSA) is 84.6 Å². The standard InChI is InChI=1S/C10H22N2O3/c1-7(13)10(2,3)12-9(14)8(11)5-6-15-4/h7-8,13H,5-6,11H2,1-4H3,(H,12,14). The number of hydrogen-bond donors (Lipinski definition) is 3. The van der Waals surface area contributed by atoms with E-state index in [9.17, 15) is 9.90 Å². The lowest BCUT2D eigenvalue weighted by atomic mass is 9.98. The maximum Gasteiger partial charge on any atom is 0.237 e. The highest BCUT2D eigenvalue weighted by molar-refractivity contribution is 5.82. The first-order chi connectivity index (χ1) is 6.81. The molecule has 5 heteroatoms. The van der Waals surface area contributed by atoms with Gasteiger partial charge in [-0.05, 0) is 27.2 Å². The minimum absolute atomic E-state index is 0.266. The monoisotopic (exact) mass is 218 g/mol. The van der Waals surface area contributed by atoms with Crippen molar-refractivity contribution in [2.75, 3.05) is 13.7 Å². The number of methoxy groups -OCH3 is 1. The van der Waals surface area contributed by atoms with Crippen LogP contribution in [0.3, 0.4) is 0 Å². The Balaban J connectivity index is 4.12. The highest BCUT2D eigenvalue weighted by Crippen LogP contribution is 2.08. The van der Waals surface area contributed by atoms with Gasteiger partial charge in [-0.15, -0.1) is 0 Å². The minimum atomic E-state index is -0.665. The van der Waals surface area contributed by atoms with Gasteiger partial charge in [-0.3, -0.25) is 4.79 Å². The molecule has 2 atom stereocenters. The van der Waals surface area contributed by atoms with E-state index < -0.39 is 17.7 Å². The number of aliphatic hydroxyl groups is 1. The fourth-order valence-corrected chi connectivity index (χ4v) is 0.891.